The molecule has 1 fully saturated rings. The molecule has 1 aromatic rings. The van der Waals surface area contributed by atoms with E-state index in [-0.39, 0.29) is 5.91 Å². The van der Waals surface area contributed by atoms with E-state index in [9.17, 15) is 4.79 Å². The number of amides is 1. The summed E-state index contributed by atoms with van der Waals surface area (Å²) in [6.07, 6.45) is 2.10. The Morgan fingerprint density at radius 1 is 1.32 bits per heavy atom. The molecule has 104 valence electrons. The van der Waals surface area contributed by atoms with Crippen molar-refractivity contribution in [3.63, 3.8) is 0 Å². The third-order valence-electron chi connectivity index (χ3n) is 4.00. The van der Waals surface area contributed by atoms with E-state index in [1.807, 2.05) is 30.0 Å². The van der Waals surface area contributed by atoms with E-state index in [4.69, 9.17) is 5.73 Å². The number of carbonyl (C=O) groups excluding carboxylic acids is 1. The van der Waals surface area contributed by atoms with E-state index in [0.29, 0.717) is 6.04 Å². The Labute approximate surface area is 115 Å². The van der Waals surface area contributed by atoms with Crippen molar-refractivity contribution in [2.45, 2.75) is 25.8 Å². The molecule has 19 heavy (non-hydrogen) atoms. The van der Waals surface area contributed by atoms with Gasteiger partial charge in [-0.15, -0.1) is 0 Å². The summed E-state index contributed by atoms with van der Waals surface area (Å²) in [5.41, 5.74) is 8.24. The van der Waals surface area contributed by atoms with E-state index in [2.05, 4.69) is 19.0 Å². The molecule has 2 rings (SSSR count). The normalized spacial score (nSPS) is 16.9. The van der Waals surface area contributed by atoms with Gasteiger partial charge in [0.05, 0.1) is 0 Å². The minimum Gasteiger partial charge on any atom is -0.399 e. The van der Waals surface area contributed by atoms with Crippen molar-refractivity contribution in [2.24, 2.45) is 0 Å². The van der Waals surface area contributed by atoms with E-state index < -0.39 is 0 Å². The zero-order valence-corrected chi connectivity index (χ0v) is 12.0. The maximum absolute atomic E-state index is 12.4. The molecule has 0 spiro atoms. The number of nitrogens with two attached hydrogens (primary N) is 1. The van der Waals surface area contributed by atoms with Gasteiger partial charge in [0.15, 0.2) is 0 Å². The lowest BCUT2D eigenvalue weighted by Crippen LogP contribution is -2.44. The van der Waals surface area contributed by atoms with Crippen LogP contribution in [0.4, 0.5) is 5.69 Å². The average Bonchev–Trinajstić information content (AvgIpc) is 2.41. The average molecular weight is 261 g/mol. The minimum atomic E-state index is 0.125. The third-order valence-corrected chi connectivity index (χ3v) is 4.00. The molecule has 0 atom stereocenters. The fourth-order valence-corrected chi connectivity index (χ4v) is 2.58. The molecule has 1 aliphatic heterocycles. The summed E-state index contributed by atoms with van der Waals surface area (Å²) in [5, 5.41) is 0. The van der Waals surface area contributed by atoms with Gasteiger partial charge in [0.2, 0.25) is 0 Å². The van der Waals surface area contributed by atoms with Crippen molar-refractivity contribution in [1.29, 1.82) is 0 Å². The van der Waals surface area contributed by atoms with Crippen LogP contribution >= 0.6 is 0 Å². The quantitative estimate of drug-likeness (QED) is 0.825. The van der Waals surface area contributed by atoms with E-state index in [1.54, 1.807) is 0 Å². The fraction of sp³-hybridized carbons (Fsp3) is 0.533. The van der Waals surface area contributed by atoms with Crippen molar-refractivity contribution in [1.82, 2.24) is 9.80 Å². The summed E-state index contributed by atoms with van der Waals surface area (Å²) in [6, 6.07) is 6.12. The van der Waals surface area contributed by atoms with E-state index in [0.717, 1.165) is 42.7 Å². The number of likely N-dealkylation sites (tertiary alicyclic amines) is 1. The highest BCUT2D eigenvalue weighted by Gasteiger charge is 2.24. The summed E-state index contributed by atoms with van der Waals surface area (Å²) in [5.74, 6) is 0.125. The van der Waals surface area contributed by atoms with Crippen LogP contribution in [0.2, 0.25) is 0 Å². The lowest BCUT2D eigenvalue weighted by molar-refractivity contribution is 0.0663. The Kier molecular flexibility index (Phi) is 4.10. The van der Waals surface area contributed by atoms with Gasteiger partial charge in [0.1, 0.15) is 0 Å². The molecule has 0 saturated carbocycles. The second kappa shape index (κ2) is 5.61. The molecule has 1 aliphatic rings. The SMILES string of the molecule is Cc1cc(C(=O)N2CCC(N(C)C)CC2)ccc1N. The molecule has 1 heterocycles. The van der Waals surface area contributed by atoms with Crippen LogP contribution in [0.3, 0.4) is 0 Å². The molecule has 2 N–H and O–H groups in total. The van der Waals surface area contributed by atoms with Crippen LogP contribution in [0.15, 0.2) is 18.2 Å². The maximum atomic E-state index is 12.4. The minimum absolute atomic E-state index is 0.125. The molecular formula is C15H23N3O. The Morgan fingerprint density at radius 2 is 1.95 bits per heavy atom. The maximum Gasteiger partial charge on any atom is 0.253 e. The molecule has 4 nitrogen and oxygen atoms in total. The summed E-state index contributed by atoms with van der Waals surface area (Å²) < 4.78 is 0. The molecule has 1 saturated heterocycles. The van der Waals surface area contributed by atoms with Gasteiger partial charge >= 0.3 is 0 Å². The second-order valence-electron chi connectivity index (χ2n) is 5.56. The number of hydrogen-bond donors (Lipinski definition) is 1. The first-order chi connectivity index (χ1) is 8.99. The van der Waals surface area contributed by atoms with Crippen LogP contribution in [0.25, 0.3) is 0 Å². The highest BCUT2D eigenvalue weighted by Crippen LogP contribution is 2.19. The lowest BCUT2D eigenvalue weighted by Gasteiger charge is -2.35. The predicted octanol–water partition coefficient (Wildman–Crippen LogP) is 1.74. The zero-order chi connectivity index (χ0) is 14.0. The smallest absolute Gasteiger partial charge is 0.253 e. The molecule has 0 unspecified atom stereocenters. The fourth-order valence-electron chi connectivity index (χ4n) is 2.58. The van der Waals surface area contributed by atoms with Crippen molar-refractivity contribution in [3.05, 3.63) is 29.3 Å². The summed E-state index contributed by atoms with van der Waals surface area (Å²) >= 11 is 0. The number of carbonyl (C=O) groups is 1. The first kappa shape index (κ1) is 13.9. The monoisotopic (exact) mass is 261 g/mol. The molecule has 4 heteroatoms. The number of benzene rings is 1. The summed E-state index contributed by atoms with van der Waals surface area (Å²) in [6.45, 7) is 3.61. The van der Waals surface area contributed by atoms with Crippen LogP contribution in [0.5, 0.6) is 0 Å². The van der Waals surface area contributed by atoms with Crippen LogP contribution in [0, 0.1) is 6.92 Å². The number of rotatable bonds is 2. The van der Waals surface area contributed by atoms with Crippen molar-refractivity contribution in [3.8, 4) is 0 Å². The topological polar surface area (TPSA) is 49.6 Å². The Balaban J connectivity index is 2.03. The van der Waals surface area contributed by atoms with Gasteiger partial charge in [0.25, 0.3) is 5.91 Å². The third kappa shape index (κ3) is 3.07. The van der Waals surface area contributed by atoms with Crippen molar-refractivity contribution in [2.75, 3.05) is 32.9 Å². The zero-order valence-electron chi connectivity index (χ0n) is 12.0. The molecule has 1 amide bonds. The van der Waals surface area contributed by atoms with Gasteiger partial charge in [-0.1, -0.05) is 0 Å². The first-order valence-electron chi connectivity index (χ1n) is 6.81. The van der Waals surface area contributed by atoms with Crippen LogP contribution in [0.1, 0.15) is 28.8 Å². The Hall–Kier alpha value is -1.55. The molecular weight excluding hydrogens is 238 g/mol. The molecule has 1 aromatic carbocycles. The predicted molar refractivity (Wildman–Crippen MR) is 78.2 cm³/mol. The molecule has 0 bridgehead atoms. The van der Waals surface area contributed by atoms with Gasteiger partial charge < -0.3 is 15.5 Å². The first-order valence-corrected chi connectivity index (χ1v) is 6.81. The molecule has 0 aliphatic carbocycles. The number of hydrogen-bond acceptors (Lipinski definition) is 3. The van der Waals surface area contributed by atoms with E-state index in [1.165, 1.54) is 0 Å². The number of aryl methyl sites for hydroxylation is 1. The highest BCUT2D eigenvalue weighted by atomic mass is 16.2. The highest BCUT2D eigenvalue weighted by molar-refractivity contribution is 5.95. The number of piperidine rings is 1. The van der Waals surface area contributed by atoms with Gasteiger partial charge in [-0.2, -0.15) is 0 Å². The second-order valence-corrected chi connectivity index (χ2v) is 5.56. The molecule has 0 aromatic heterocycles. The van der Waals surface area contributed by atoms with Gasteiger partial charge in [-0.25, -0.2) is 0 Å². The number of nitrogens with zero attached hydrogens (tertiary/aromatic N) is 2. The number of anilines is 1. The van der Waals surface area contributed by atoms with Crippen LogP contribution in [-0.4, -0.2) is 48.9 Å². The summed E-state index contributed by atoms with van der Waals surface area (Å²) in [4.78, 5) is 16.6. The molecule has 0 radical (unpaired) electrons. The van der Waals surface area contributed by atoms with Crippen molar-refractivity contribution < 1.29 is 4.79 Å². The largest absolute Gasteiger partial charge is 0.399 e. The Bertz CT molecular complexity index is 462. The van der Waals surface area contributed by atoms with Crippen LogP contribution < -0.4 is 5.73 Å². The van der Waals surface area contributed by atoms with Gasteiger partial charge in [-0.3, -0.25) is 4.79 Å². The van der Waals surface area contributed by atoms with Crippen LogP contribution in [-0.2, 0) is 0 Å². The van der Waals surface area contributed by atoms with E-state index >= 15 is 0 Å². The van der Waals surface area contributed by atoms with Gasteiger partial charge in [-0.05, 0) is 57.6 Å². The standard InChI is InChI=1S/C15H23N3O/c1-11-10-12(4-5-14(11)16)15(19)18-8-6-13(7-9-18)17(2)3/h4-5,10,13H,6-9,16H2,1-3H3. The Morgan fingerprint density at radius 3 is 2.47 bits per heavy atom. The van der Waals surface area contributed by atoms with Gasteiger partial charge in [0, 0.05) is 30.4 Å². The van der Waals surface area contributed by atoms with Crippen molar-refractivity contribution >= 4 is 11.6 Å². The number of nitrogen functional groups attached to an aromatic ring is 1. The lowest BCUT2D eigenvalue weighted by atomic mass is 10.0. The summed E-state index contributed by atoms with van der Waals surface area (Å²) in [7, 11) is 4.21.